The first-order valence-corrected chi connectivity index (χ1v) is 6.33. The molecule has 0 fully saturated rings. The van der Waals surface area contributed by atoms with Crippen molar-refractivity contribution in [2.75, 3.05) is 26.2 Å². The zero-order valence-corrected chi connectivity index (χ0v) is 11.6. The van der Waals surface area contributed by atoms with Crippen LogP contribution in [0.25, 0.3) is 0 Å². The monoisotopic (exact) mass is 283 g/mol. The Morgan fingerprint density at radius 3 is 2.21 bits per heavy atom. The molecule has 0 aliphatic rings. The lowest BCUT2D eigenvalue weighted by atomic mass is 9.86. The summed E-state index contributed by atoms with van der Waals surface area (Å²) in [6.07, 6.45) is -2.28. The van der Waals surface area contributed by atoms with E-state index in [1.54, 1.807) is 0 Å². The molecule has 114 valence electrons. The van der Waals surface area contributed by atoms with Crippen LogP contribution in [0, 0.1) is 10.8 Å². The quantitative estimate of drug-likeness (QED) is 0.344. The van der Waals surface area contributed by atoms with Gasteiger partial charge in [0, 0.05) is 12.0 Å². The van der Waals surface area contributed by atoms with Crippen LogP contribution in [-0.4, -0.2) is 48.3 Å². The van der Waals surface area contributed by atoms with Crippen LogP contribution >= 0.6 is 0 Å². The largest absolute Gasteiger partial charge is 0.401 e. The minimum atomic E-state index is -4.24. The third kappa shape index (κ3) is 8.83. The molecule has 0 unspecified atom stereocenters. The molecule has 0 radical (unpaired) electrons. The normalized spacial score (nSPS) is 13.0. The maximum Gasteiger partial charge on any atom is 0.401 e. The van der Waals surface area contributed by atoms with E-state index in [-0.39, 0.29) is 25.5 Å². The topological polar surface area (TPSA) is 73.3 Å². The smallest absolute Gasteiger partial charge is 0.395 e. The van der Waals surface area contributed by atoms with Crippen molar-refractivity contribution in [3.8, 4) is 0 Å². The Kier molecular flexibility index (Phi) is 7.36. The number of nitrogens with zero attached hydrogens (tertiary/aromatic N) is 1. The van der Waals surface area contributed by atoms with Gasteiger partial charge in [-0.1, -0.05) is 20.3 Å². The average molecular weight is 283 g/mol. The van der Waals surface area contributed by atoms with Gasteiger partial charge in [-0.2, -0.15) is 13.2 Å². The summed E-state index contributed by atoms with van der Waals surface area (Å²) in [4.78, 5) is 1.20. The fourth-order valence-electron chi connectivity index (χ4n) is 1.70. The first kappa shape index (κ1) is 18.2. The second-order valence-corrected chi connectivity index (χ2v) is 5.37. The number of nitrogens with one attached hydrogen (secondary N) is 1. The lowest BCUT2D eigenvalue weighted by Crippen LogP contribution is -2.37. The van der Waals surface area contributed by atoms with Gasteiger partial charge in [-0.15, -0.1) is 0 Å². The van der Waals surface area contributed by atoms with Crippen LogP contribution in [0.2, 0.25) is 0 Å². The molecular formula is C12H24F3N3O. The maximum absolute atomic E-state index is 12.3. The van der Waals surface area contributed by atoms with Crippen molar-refractivity contribution in [3.63, 3.8) is 0 Å². The Morgan fingerprint density at radius 1 is 1.21 bits per heavy atom. The van der Waals surface area contributed by atoms with Gasteiger partial charge in [0.2, 0.25) is 0 Å². The van der Waals surface area contributed by atoms with Gasteiger partial charge < -0.3 is 10.8 Å². The molecule has 0 aromatic rings. The Balaban J connectivity index is 4.03. The zero-order valence-electron chi connectivity index (χ0n) is 11.6. The second kappa shape index (κ2) is 7.69. The van der Waals surface area contributed by atoms with E-state index in [0.717, 1.165) is 0 Å². The number of amidine groups is 1. The second-order valence-electron chi connectivity index (χ2n) is 5.37. The molecule has 19 heavy (non-hydrogen) atoms. The Morgan fingerprint density at radius 2 is 1.79 bits per heavy atom. The number of aliphatic hydroxyl groups excluding tert-OH is 1. The summed E-state index contributed by atoms with van der Waals surface area (Å²) in [5.74, 6) is 0.0926. The van der Waals surface area contributed by atoms with Gasteiger partial charge in [0.05, 0.1) is 19.0 Å². The van der Waals surface area contributed by atoms with Gasteiger partial charge in [-0.3, -0.25) is 10.3 Å². The van der Waals surface area contributed by atoms with E-state index in [2.05, 4.69) is 0 Å². The van der Waals surface area contributed by atoms with E-state index in [1.807, 2.05) is 13.8 Å². The van der Waals surface area contributed by atoms with Crippen molar-refractivity contribution >= 4 is 5.84 Å². The minimum absolute atomic E-state index is 0.0234. The molecule has 0 aromatic heterocycles. The van der Waals surface area contributed by atoms with Crippen LogP contribution in [0.1, 0.15) is 33.1 Å². The van der Waals surface area contributed by atoms with Crippen molar-refractivity contribution in [2.24, 2.45) is 11.1 Å². The predicted octanol–water partition coefficient (Wildman–Crippen LogP) is 1.98. The summed E-state index contributed by atoms with van der Waals surface area (Å²) < 4.78 is 36.8. The summed E-state index contributed by atoms with van der Waals surface area (Å²) in [7, 11) is 0. The number of nitrogens with two attached hydrogens (primary N) is 1. The molecule has 0 aliphatic heterocycles. The van der Waals surface area contributed by atoms with Crippen LogP contribution in [0.3, 0.4) is 0 Å². The van der Waals surface area contributed by atoms with Crippen LogP contribution in [0.5, 0.6) is 0 Å². The molecule has 7 heteroatoms. The fraction of sp³-hybridized carbons (Fsp3) is 0.917. The lowest BCUT2D eigenvalue weighted by Gasteiger charge is -2.25. The number of unbranched alkanes of at least 4 members (excludes halogenated alkanes) is 1. The maximum atomic E-state index is 12.3. The molecule has 0 spiro atoms. The van der Waals surface area contributed by atoms with E-state index in [9.17, 15) is 13.2 Å². The van der Waals surface area contributed by atoms with Crippen LogP contribution in [0.15, 0.2) is 0 Å². The molecule has 0 aliphatic carbocycles. The van der Waals surface area contributed by atoms with Crippen LogP contribution < -0.4 is 5.73 Å². The summed E-state index contributed by atoms with van der Waals surface area (Å²) in [5.41, 5.74) is 5.02. The Bertz CT molecular complexity index is 280. The number of aliphatic hydroxyl groups is 1. The SMILES string of the molecule is CC(C)(CCCCN(CCO)CC(F)(F)F)C(=N)N. The number of rotatable bonds is 9. The van der Waals surface area contributed by atoms with E-state index in [4.69, 9.17) is 16.2 Å². The molecule has 0 saturated heterocycles. The highest BCUT2D eigenvalue weighted by atomic mass is 19.4. The first-order valence-electron chi connectivity index (χ1n) is 6.33. The lowest BCUT2D eigenvalue weighted by molar-refractivity contribution is -0.146. The molecule has 0 saturated carbocycles. The Labute approximate surface area is 112 Å². The summed E-state index contributed by atoms with van der Waals surface area (Å²) in [5, 5.41) is 16.1. The van der Waals surface area contributed by atoms with E-state index < -0.39 is 18.1 Å². The van der Waals surface area contributed by atoms with Gasteiger partial charge in [0.1, 0.15) is 0 Å². The summed E-state index contributed by atoms with van der Waals surface area (Å²) in [6.45, 7) is 2.72. The van der Waals surface area contributed by atoms with Crippen molar-refractivity contribution < 1.29 is 18.3 Å². The summed E-state index contributed by atoms with van der Waals surface area (Å²) in [6, 6.07) is 0. The minimum Gasteiger partial charge on any atom is -0.395 e. The number of hydrogen-bond donors (Lipinski definition) is 3. The molecule has 0 bridgehead atoms. The van der Waals surface area contributed by atoms with Gasteiger partial charge in [0.25, 0.3) is 0 Å². The molecule has 0 rings (SSSR count). The third-order valence-electron chi connectivity index (χ3n) is 3.07. The molecule has 0 amide bonds. The van der Waals surface area contributed by atoms with Crippen molar-refractivity contribution in [1.82, 2.24) is 4.90 Å². The van der Waals surface area contributed by atoms with E-state index in [1.165, 1.54) is 4.90 Å². The Hall–Kier alpha value is -0.820. The number of halogens is 3. The molecule has 4 nitrogen and oxygen atoms in total. The van der Waals surface area contributed by atoms with Gasteiger partial charge in [-0.25, -0.2) is 0 Å². The van der Waals surface area contributed by atoms with Crippen LogP contribution in [0.4, 0.5) is 13.2 Å². The average Bonchev–Trinajstić information content (AvgIpc) is 2.22. The van der Waals surface area contributed by atoms with E-state index >= 15 is 0 Å². The number of alkyl halides is 3. The third-order valence-corrected chi connectivity index (χ3v) is 3.07. The number of hydrogen-bond acceptors (Lipinski definition) is 3. The van der Waals surface area contributed by atoms with E-state index in [0.29, 0.717) is 19.3 Å². The van der Waals surface area contributed by atoms with Crippen molar-refractivity contribution in [3.05, 3.63) is 0 Å². The predicted molar refractivity (Wildman–Crippen MR) is 69.1 cm³/mol. The first-order chi connectivity index (χ1) is 8.58. The highest BCUT2D eigenvalue weighted by Crippen LogP contribution is 2.23. The molecule has 0 aromatic carbocycles. The zero-order chi connectivity index (χ0) is 15.1. The van der Waals surface area contributed by atoms with Gasteiger partial charge in [-0.05, 0) is 19.4 Å². The fourth-order valence-corrected chi connectivity index (χ4v) is 1.70. The summed E-state index contributed by atoms with van der Waals surface area (Å²) >= 11 is 0. The molecular weight excluding hydrogens is 259 g/mol. The van der Waals surface area contributed by atoms with Crippen LogP contribution in [-0.2, 0) is 0 Å². The highest BCUT2D eigenvalue weighted by Gasteiger charge is 2.30. The van der Waals surface area contributed by atoms with Crippen molar-refractivity contribution in [1.29, 1.82) is 5.41 Å². The van der Waals surface area contributed by atoms with Gasteiger partial charge in [0.15, 0.2) is 0 Å². The molecule has 0 atom stereocenters. The molecule has 4 N–H and O–H groups in total. The highest BCUT2D eigenvalue weighted by molar-refractivity contribution is 5.82. The standard InChI is InChI=1S/C12H24F3N3O/c1-11(2,10(16)17)5-3-4-6-18(7-8-19)9-12(13,14)15/h19H,3-9H2,1-2H3,(H3,16,17). The molecule has 0 heterocycles. The van der Waals surface area contributed by atoms with Crippen molar-refractivity contribution in [2.45, 2.75) is 39.3 Å². The van der Waals surface area contributed by atoms with Gasteiger partial charge >= 0.3 is 6.18 Å².